The number of hydrogen-bond donors (Lipinski definition) is 2. The minimum Gasteiger partial charge on any atom is -0.481 e. The van der Waals surface area contributed by atoms with Crippen molar-refractivity contribution in [1.82, 2.24) is 4.72 Å². The van der Waals surface area contributed by atoms with Crippen LogP contribution in [0.5, 0.6) is 0 Å². The standard InChI is InChI=1S/C12H16N2O6S/c1-9(5-4-8-12(15)16)13-21(19,20)11-7-3-2-6-10(11)14(17)18/h2-3,6-7,9,13H,4-5,8H2,1H3,(H,15,16). The fourth-order valence-corrected chi connectivity index (χ4v) is 3.23. The number of para-hydroxylation sites is 1. The van der Waals surface area contributed by atoms with Crippen LogP contribution in [0.3, 0.4) is 0 Å². The maximum atomic E-state index is 12.1. The van der Waals surface area contributed by atoms with E-state index in [0.717, 1.165) is 12.1 Å². The number of carboxylic acid groups (broad SMARTS) is 1. The Kier molecular flexibility index (Phi) is 5.79. The molecule has 8 nitrogen and oxygen atoms in total. The van der Waals surface area contributed by atoms with E-state index in [4.69, 9.17) is 5.11 Å². The molecule has 1 atom stereocenters. The maximum Gasteiger partial charge on any atom is 0.303 e. The third-order valence-electron chi connectivity index (χ3n) is 2.74. The Hall–Kier alpha value is -2.00. The van der Waals surface area contributed by atoms with Gasteiger partial charge in [-0.05, 0) is 25.8 Å². The Bertz CT molecular complexity index is 628. The number of sulfonamides is 1. The van der Waals surface area contributed by atoms with Crippen molar-refractivity contribution in [3.8, 4) is 0 Å². The van der Waals surface area contributed by atoms with E-state index in [2.05, 4.69) is 4.72 Å². The van der Waals surface area contributed by atoms with Gasteiger partial charge in [-0.1, -0.05) is 12.1 Å². The first kappa shape index (κ1) is 17.1. The Labute approximate surface area is 122 Å². The lowest BCUT2D eigenvalue weighted by Gasteiger charge is -2.13. The molecule has 0 aromatic heterocycles. The quantitative estimate of drug-likeness (QED) is 0.553. The summed E-state index contributed by atoms with van der Waals surface area (Å²) in [6.07, 6.45) is 0.583. The Balaban J connectivity index is 2.82. The van der Waals surface area contributed by atoms with Gasteiger partial charge < -0.3 is 5.11 Å². The van der Waals surface area contributed by atoms with Crippen molar-refractivity contribution in [2.45, 2.75) is 37.1 Å². The van der Waals surface area contributed by atoms with E-state index in [1.54, 1.807) is 6.92 Å². The van der Waals surface area contributed by atoms with Crippen molar-refractivity contribution in [2.24, 2.45) is 0 Å². The molecule has 1 rings (SSSR count). The van der Waals surface area contributed by atoms with E-state index < -0.39 is 37.5 Å². The van der Waals surface area contributed by atoms with E-state index in [1.165, 1.54) is 12.1 Å². The highest BCUT2D eigenvalue weighted by Crippen LogP contribution is 2.23. The zero-order valence-electron chi connectivity index (χ0n) is 11.4. The van der Waals surface area contributed by atoms with Crippen LogP contribution in [0.1, 0.15) is 26.2 Å². The first-order chi connectivity index (χ1) is 9.74. The molecule has 0 fully saturated rings. The van der Waals surface area contributed by atoms with Crippen LogP contribution in [-0.4, -0.2) is 30.5 Å². The van der Waals surface area contributed by atoms with Crippen LogP contribution in [0.2, 0.25) is 0 Å². The van der Waals surface area contributed by atoms with Gasteiger partial charge in [0.05, 0.1) is 4.92 Å². The van der Waals surface area contributed by atoms with Crippen molar-refractivity contribution in [1.29, 1.82) is 0 Å². The molecule has 0 saturated heterocycles. The van der Waals surface area contributed by atoms with Gasteiger partial charge in [0.25, 0.3) is 5.69 Å². The molecule has 0 bridgehead atoms. The summed E-state index contributed by atoms with van der Waals surface area (Å²) in [5, 5.41) is 19.4. The molecule has 0 aliphatic rings. The average Bonchev–Trinajstić information content (AvgIpc) is 2.37. The molecule has 2 N–H and O–H groups in total. The van der Waals surface area contributed by atoms with E-state index >= 15 is 0 Å². The smallest absolute Gasteiger partial charge is 0.303 e. The molecule has 1 aromatic rings. The van der Waals surface area contributed by atoms with Gasteiger partial charge in [0, 0.05) is 18.5 Å². The molecule has 21 heavy (non-hydrogen) atoms. The van der Waals surface area contributed by atoms with Crippen LogP contribution in [0.15, 0.2) is 29.2 Å². The van der Waals surface area contributed by atoms with Gasteiger partial charge in [-0.15, -0.1) is 0 Å². The van der Waals surface area contributed by atoms with Crippen LogP contribution in [0.25, 0.3) is 0 Å². The molecule has 116 valence electrons. The Morgan fingerprint density at radius 2 is 2.05 bits per heavy atom. The number of nitrogens with zero attached hydrogens (tertiary/aromatic N) is 1. The summed E-state index contributed by atoms with van der Waals surface area (Å²) in [6.45, 7) is 1.58. The molecule has 1 aromatic carbocycles. The second-order valence-electron chi connectivity index (χ2n) is 4.53. The summed E-state index contributed by atoms with van der Waals surface area (Å²) in [5.74, 6) is -0.955. The number of hydrogen-bond acceptors (Lipinski definition) is 5. The average molecular weight is 316 g/mol. The number of nitro benzene ring substituents is 1. The molecule has 0 aliphatic heterocycles. The molecule has 1 unspecified atom stereocenters. The topological polar surface area (TPSA) is 127 Å². The SMILES string of the molecule is CC(CCCC(=O)O)NS(=O)(=O)c1ccccc1[N+](=O)[O-]. The third-order valence-corrected chi connectivity index (χ3v) is 4.37. The Morgan fingerprint density at radius 1 is 1.43 bits per heavy atom. The predicted octanol–water partition coefficient (Wildman–Crippen LogP) is 1.52. The van der Waals surface area contributed by atoms with E-state index in [9.17, 15) is 23.3 Å². The molecule has 0 spiro atoms. The first-order valence-electron chi connectivity index (χ1n) is 6.21. The summed E-state index contributed by atoms with van der Waals surface area (Å²) in [6, 6.07) is 4.53. The highest BCUT2D eigenvalue weighted by atomic mass is 32.2. The fourth-order valence-electron chi connectivity index (χ4n) is 1.78. The van der Waals surface area contributed by atoms with E-state index in [-0.39, 0.29) is 6.42 Å². The van der Waals surface area contributed by atoms with E-state index in [0.29, 0.717) is 12.8 Å². The summed E-state index contributed by atoms with van der Waals surface area (Å²) < 4.78 is 26.6. The van der Waals surface area contributed by atoms with Gasteiger partial charge in [0.15, 0.2) is 4.90 Å². The number of aliphatic carboxylic acids is 1. The number of nitro groups is 1. The van der Waals surface area contributed by atoms with Crippen molar-refractivity contribution in [3.63, 3.8) is 0 Å². The van der Waals surface area contributed by atoms with Crippen LogP contribution in [0, 0.1) is 10.1 Å². The number of benzene rings is 1. The first-order valence-corrected chi connectivity index (χ1v) is 7.70. The van der Waals surface area contributed by atoms with Crippen LogP contribution >= 0.6 is 0 Å². The highest BCUT2D eigenvalue weighted by molar-refractivity contribution is 7.89. The second-order valence-corrected chi connectivity index (χ2v) is 6.22. The van der Waals surface area contributed by atoms with Crippen molar-refractivity contribution in [3.05, 3.63) is 34.4 Å². The zero-order valence-corrected chi connectivity index (χ0v) is 12.2. The molecule has 9 heteroatoms. The molecule has 0 saturated carbocycles. The lowest BCUT2D eigenvalue weighted by molar-refractivity contribution is -0.387. The Morgan fingerprint density at radius 3 is 2.62 bits per heavy atom. The minimum atomic E-state index is -4.02. The molecule has 0 radical (unpaired) electrons. The van der Waals surface area contributed by atoms with Crippen LogP contribution in [-0.2, 0) is 14.8 Å². The molecular weight excluding hydrogens is 300 g/mol. The van der Waals surface area contributed by atoms with Crippen molar-refractivity contribution < 1.29 is 23.2 Å². The van der Waals surface area contributed by atoms with Gasteiger partial charge in [-0.3, -0.25) is 14.9 Å². The molecule has 0 heterocycles. The van der Waals surface area contributed by atoms with Crippen LogP contribution < -0.4 is 4.72 Å². The summed E-state index contributed by atoms with van der Waals surface area (Å²) in [7, 11) is -4.02. The number of rotatable bonds is 8. The zero-order chi connectivity index (χ0) is 16.0. The lowest BCUT2D eigenvalue weighted by Crippen LogP contribution is -2.33. The van der Waals surface area contributed by atoms with E-state index in [1.807, 2.05) is 0 Å². The second kappa shape index (κ2) is 7.14. The monoisotopic (exact) mass is 316 g/mol. The largest absolute Gasteiger partial charge is 0.481 e. The summed E-state index contributed by atoms with van der Waals surface area (Å²) >= 11 is 0. The number of carbonyl (C=O) groups is 1. The molecule has 0 aliphatic carbocycles. The third kappa shape index (κ3) is 5.12. The number of carboxylic acids is 1. The van der Waals surface area contributed by atoms with Crippen LogP contribution in [0.4, 0.5) is 5.69 Å². The summed E-state index contributed by atoms with van der Waals surface area (Å²) in [4.78, 5) is 20.1. The molecule has 0 amide bonds. The predicted molar refractivity (Wildman–Crippen MR) is 74.4 cm³/mol. The minimum absolute atomic E-state index is 0.0580. The number of nitrogens with one attached hydrogen (secondary N) is 1. The van der Waals surface area contributed by atoms with Gasteiger partial charge in [-0.2, -0.15) is 0 Å². The molecular formula is C12H16N2O6S. The maximum absolute atomic E-state index is 12.1. The van der Waals surface area contributed by atoms with Crippen molar-refractivity contribution >= 4 is 21.7 Å². The fraction of sp³-hybridized carbons (Fsp3) is 0.417. The van der Waals surface area contributed by atoms with Gasteiger partial charge in [0.2, 0.25) is 10.0 Å². The van der Waals surface area contributed by atoms with Gasteiger partial charge >= 0.3 is 5.97 Å². The van der Waals surface area contributed by atoms with Gasteiger partial charge in [-0.25, -0.2) is 13.1 Å². The van der Waals surface area contributed by atoms with Gasteiger partial charge in [0.1, 0.15) is 0 Å². The lowest BCUT2D eigenvalue weighted by atomic mass is 10.1. The van der Waals surface area contributed by atoms with Crippen molar-refractivity contribution in [2.75, 3.05) is 0 Å². The summed E-state index contributed by atoms with van der Waals surface area (Å²) in [5.41, 5.74) is -0.497. The normalized spacial score (nSPS) is 12.8. The highest BCUT2D eigenvalue weighted by Gasteiger charge is 2.26.